The van der Waals surface area contributed by atoms with Gasteiger partial charge in [0.05, 0.1) is 19.3 Å². The number of nitrogens with one attached hydrogen (secondary N) is 1. The van der Waals surface area contributed by atoms with Crippen LogP contribution in [0, 0.1) is 3.57 Å². The number of aromatic nitrogens is 2. The fraction of sp³-hybridized carbons (Fsp3) is 0.286. The van der Waals surface area contributed by atoms with Crippen LogP contribution in [0.2, 0.25) is 10.0 Å². The molecule has 0 saturated carbocycles. The van der Waals surface area contributed by atoms with Crippen molar-refractivity contribution in [1.29, 1.82) is 0 Å². The van der Waals surface area contributed by atoms with Gasteiger partial charge in [-0.05, 0) is 48.1 Å². The Balaban J connectivity index is 2.62. The quantitative estimate of drug-likeness (QED) is 0.702. The summed E-state index contributed by atoms with van der Waals surface area (Å²) in [5.74, 6) is 1.44. The summed E-state index contributed by atoms with van der Waals surface area (Å²) in [4.78, 5) is 9.17. The fourth-order valence-corrected chi connectivity index (χ4v) is 3.01. The van der Waals surface area contributed by atoms with Crippen molar-refractivity contribution in [2.45, 2.75) is 20.3 Å². The van der Waals surface area contributed by atoms with Gasteiger partial charge in [-0.3, -0.25) is 0 Å². The van der Waals surface area contributed by atoms with Crippen LogP contribution in [0.15, 0.2) is 18.2 Å². The van der Waals surface area contributed by atoms with Crippen LogP contribution in [0.1, 0.15) is 19.5 Å². The lowest BCUT2D eigenvalue weighted by molar-refractivity contribution is 0.982. The van der Waals surface area contributed by atoms with Gasteiger partial charge < -0.3 is 5.32 Å². The van der Waals surface area contributed by atoms with Crippen LogP contribution in [-0.2, 0) is 6.42 Å². The van der Waals surface area contributed by atoms with Gasteiger partial charge in [0, 0.05) is 12.1 Å². The Kier molecular flexibility index (Phi) is 5.46. The number of rotatable bonds is 4. The molecule has 0 aliphatic heterocycles. The summed E-state index contributed by atoms with van der Waals surface area (Å²) in [6.07, 6.45) is 0.838. The highest BCUT2D eigenvalue weighted by Crippen LogP contribution is 2.33. The maximum atomic E-state index is 6.26. The van der Waals surface area contributed by atoms with Gasteiger partial charge in [0.25, 0.3) is 0 Å². The Morgan fingerprint density at radius 3 is 2.60 bits per heavy atom. The second-order valence-electron chi connectivity index (χ2n) is 4.14. The van der Waals surface area contributed by atoms with E-state index >= 15 is 0 Å². The monoisotopic (exact) mass is 421 g/mol. The molecule has 1 aromatic heterocycles. The smallest absolute Gasteiger partial charge is 0.163 e. The second kappa shape index (κ2) is 6.91. The van der Waals surface area contributed by atoms with Crippen molar-refractivity contribution in [1.82, 2.24) is 9.97 Å². The van der Waals surface area contributed by atoms with E-state index in [9.17, 15) is 0 Å². The lowest BCUT2D eigenvalue weighted by atomic mass is 10.2. The lowest BCUT2D eigenvalue weighted by Gasteiger charge is -2.12. The van der Waals surface area contributed by atoms with Crippen LogP contribution in [0.4, 0.5) is 5.82 Å². The highest BCUT2D eigenvalue weighted by molar-refractivity contribution is 14.1. The zero-order valence-electron chi connectivity index (χ0n) is 11.2. The summed E-state index contributed by atoms with van der Waals surface area (Å²) in [6.45, 7) is 4.91. The number of aryl methyl sites for hydroxylation is 1. The standard InChI is InChI=1S/C14H14Cl2IN3/c1-3-10-12(17)14(18-4-2)20-13(19-10)8-6-5-7-9(15)11(8)16/h5-7H,3-4H2,1-2H3,(H,18,19,20). The Bertz CT molecular complexity index is 632. The van der Waals surface area contributed by atoms with Crippen molar-refractivity contribution < 1.29 is 0 Å². The first kappa shape index (κ1) is 15.8. The van der Waals surface area contributed by atoms with E-state index in [2.05, 4.69) is 44.8 Å². The van der Waals surface area contributed by atoms with Crippen LogP contribution >= 0.6 is 45.8 Å². The summed E-state index contributed by atoms with van der Waals surface area (Å²) >= 11 is 14.6. The average Bonchev–Trinajstić information content (AvgIpc) is 2.44. The molecule has 2 rings (SSSR count). The highest BCUT2D eigenvalue weighted by atomic mass is 127. The maximum Gasteiger partial charge on any atom is 0.163 e. The van der Waals surface area contributed by atoms with Gasteiger partial charge >= 0.3 is 0 Å². The van der Waals surface area contributed by atoms with E-state index in [1.165, 1.54) is 0 Å². The third kappa shape index (κ3) is 3.18. The minimum atomic E-state index is 0.486. The number of hydrogen-bond acceptors (Lipinski definition) is 3. The van der Waals surface area contributed by atoms with Gasteiger partial charge in [-0.2, -0.15) is 0 Å². The van der Waals surface area contributed by atoms with E-state index in [1.54, 1.807) is 6.07 Å². The zero-order valence-corrected chi connectivity index (χ0v) is 14.8. The van der Waals surface area contributed by atoms with E-state index in [0.29, 0.717) is 15.9 Å². The molecule has 0 aliphatic carbocycles. The Morgan fingerprint density at radius 2 is 1.95 bits per heavy atom. The molecule has 1 N–H and O–H groups in total. The van der Waals surface area contributed by atoms with Crippen LogP contribution in [0.5, 0.6) is 0 Å². The van der Waals surface area contributed by atoms with Gasteiger partial charge in [0.1, 0.15) is 5.82 Å². The molecule has 2 aromatic rings. The van der Waals surface area contributed by atoms with Crippen molar-refractivity contribution >= 4 is 51.6 Å². The molecule has 0 aliphatic rings. The number of anilines is 1. The van der Waals surface area contributed by atoms with Crippen LogP contribution in [0.25, 0.3) is 11.4 Å². The summed E-state index contributed by atoms with van der Waals surface area (Å²) in [6, 6.07) is 5.49. The molecular weight excluding hydrogens is 408 g/mol. The predicted molar refractivity (Wildman–Crippen MR) is 93.7 cm³/mol. The molecule has 0 saturated heterocycles. The van der Waals surface area contributed by atoms with Crippen LogP contribution in [0.3, 0.4) is 0 Å². The third-order valence-electron chi connectivity index (χ3n) is 2.79. The van der Waals surface area contributed by atoms with E-state index in [4.69, 9.17) is 23.2 Å². The summed E-state index contributed by atoms with van der Waals surface area (Å²) in [5, 5.41) is 4.25. The van der Waals surface area contributed by atoms with Gasteiger partial charge in [-0.25, -0.2) is 9.97 Å². The molecule has 0 unspecified atom stereocenters. The molecule has 0 bridgehead atoms. The fourth-order valence-electron chi connectivity index (χ4n) is 1.81. The first-order valence-electron chi connectivity index (χ1n) is 6.33. The van der Waals surface area contributed by atoms with Gasteiger partial charge in [0.2, 0.25) is 0 Å². The number of nitrogens with zero attached hydrogens (tertiary/aromatic N) is 2. The molecule has 3 nitrogen and oxygen atoms in total. The largest absolute Gasteiger partial charge is 0.369 e. The SMILES string of the molecule is CCNc1nc(-c2cccc(Cl)c2Cl)nc(CC)c1I. The van der Waals surface area contributed by atoms with E-state index in [-0.39, 0.29) is 0 Å². The maximum absolute atomic E-state index is 6.26. The molecule has 0 amide bonds. The van der Waals surface area contributed by atoms with Crippen molar-refractivity contribution in [3.63, 3.8) is 0 Å². The third-order valence-corrected chi connectivity index (χ3v) is 4.74. The first-order chi connectivity index (χ1) is 9.58. The van der Waals surface area contributed by atoms with Gasteiger partial charge in [0.15, 0.2) is 5.82 Å². The van der Waals surface area contributed by atoms with Crippen molar-refractivity contribution in [2.24, 2.45) is 0 Å². The molecule has 6 heteroatoms. The molecule has 0 fully saturated rings. The van der Waals surface area contributed by atoms with Gasteiger partial charge in [-0.15, -0.1) is 0 Å². The lowest BCUT2D eigenvalue weighted by Crippen LogP contribution is -2.07. The first-order valence-corrected chi connectivity index (χ1v) is 8.16. The number of halogens is 3. The molecule has 0 atom stereocenters. The Labute approximate surface area is 142 Å². The Morgan fingerprint density at radius 1 is 1.20 bits per heavy atom. The average molecular weight is 422 g/mol. The van der Waals surface area contributed by atoms with Crippen LogP contribution < -0.4 is 5.32 Å². The minimum absolute atomic E-state index is 0.486. The molecule has 20 heavy (non-hydrogen) atoms. The molecule has 0 spiro atoms. The number of benzene rings is 1. The van der Waals surface area contributed by atoms with Crippen molar-refractivity contribution in [3.8, 4) is 11.4 Å². The summed E-state index contributed by atoms with van der Waals surface area (Å²) in [5.41, 5.74) is 1.76. The molecule has 106 valence electrons. The predicted octanol–water partition coefficient (Wildman–Crippen LogP) is 5.05. The van der Waals surface area contributed by atoms with E-state index in [1.807, 2.05) is 19.1 Å². The molecule has 0 radical (unpaired) electrons. The van der Waals surface area contributed by atoms with E-state index < -0.39 is 0 Å². The van der Waals surface area contributed by atoms with Crippen LogP contribution in [-0.4, -0.2) is 16.5 Å². The zero-order chi connectivity index (χ0) is 14.7. The van der Waals surface area contributed by atoms with Gasteiger partial charge in [-0.1, -0.05) is 36.2 Å². The Hall–Kier alpha value is -0.590. The van der Waals surface area contributed by atoms with Crippen molar-refractivity contribution in [2.75, 3.05) is 11.9 Å². The summed E-state index contributed by atoms with van der Waals surface area (Å²) in [7, 11) is 0. The normalized spacial score (nSPS) is 10.7. The minimum Gasteiger partial charge on any atom is -0.369 e. The van der Waals surface area contributed by atoms with E-state index in [0.717, 1.165) is 33.6 Å². The topological polar surface area (TPSA) is 37.8 Å². The second-order valence-corrected chi connectivity index (χ2v) is 6.01. The van der Waals surface area contributed by atoms with Crippen molar-refractivity contribution in [3.05, 3.63) is 37.5 Å². The summed E-state index contributed by atoms with van der Waals surface area (Å²) < 4.78 is 1.05. The molecule has 1 heterocycles. The highest BCUT2D eigenvalue weighted by Gasteiger charge is 2.15. The molecular formula is C14H14Cl2IN3. The number of hydrogen-bond donors (Lipinski definition) is 1. The molecule has 1 aromatic carbocycles.